The normalized spacial score (nSPS) is 11.4. The molecule has 25 heavy (non-hydrogen) atoms. The van der Waals surface area contributed by atoms with Crippen molar-refractivity contribution >= 4 is 34.9 Å². The Bertz CT molecular complexity index is 839. The minimum absolute atomic E-state index is 0.0222. The number of amides is 1. The summed E-state index contributed by atoms with van der Waals surface area (Å²) in [7, 11) is 0. The highest BCUT2D eigenvalue weighted by Gasteiger charge is 2.23. The summed E-state index contributed by atoms with van der Waals surface area (Å²) in [6.07, 6.45) is -1.26. The van der Waals surface area contributed by atoms with Crippen molar-refractivity contribution in [2.45, 2.75) is 13.0 Å². The van der Waals surface area contributed by atoms with Crippen molar-refractivity contribution in [2.75, 3.05) is 5.32 Å². The smallest absolute Gasteiger partial charge is 0.342 e. The first-order valence-corrected chi connectivity index (χ1v) is 7.41. The van der Waals surface area contributed by atoms with Gasteiger partial charge >= 0.3 is 5.97 Å². The van der Waals surface area contributed by atoms with Gasteiger partial charge in [-0.05, 0) is 31.2 Å². The number of ether oxygens (including phenoxy) is 1. The first-order valence-electron chi connectivity index (χ1n) is 7.03. The maximum Gasteiger partial charge on any atom is 0.342 e. The summed E-state index contributed by atoms with van der Waals surface area (Å²) in [5.74, 6) is -2.06. The van der Waals surface area contributed by atoms with E-state index < -0.39 is 22.9 Å². The number of phenols is 1. The van der Waals surface area contributed by atoms with Gasteiger partial charge in [0.2, 0.25) is 0 Å². The van der Waals surface area contributed by atoms with Gasteiger partial charge in [-0.2, -0.15) is 0 Å². The summed E-state index contributed by atoms with van der Waals surface area (Å²) in [6.45, 7) is 1.30. The Kier molecular flexibility index (Phi) is 5.56. The minimum Gasteiger partial charge on any atom is -0.507 e. The van der Waals surface area contributed by atoms with Gasteiger partial charge in [-0.3, -0.25) is 14.9 Å². The van der Waals surface area contributed by atoms with E-state index in [4.69, 9.17) is 16.3 Å². The number of anilines is 1. The molecule has 0 radical (unpaired) electrons. The number of nitro groups is 1. The van der Waals surface area contributed by atoms with Crippen molar-refractivity contribution < 1.29 is 24.4 Å². The van der Waals surface area contributed by atoms with Crippen molar-refractivity contribution in [1.82, 2.24) is 0 Å². The predicted octanol–water partition coefficient (Wildman–Crippen LogP) is 3.14. The Morgan fingerprint density at radius 3 is 2.64 bits per heavy atom. The van der Waals surface area contributed by atoms with Gasteiger partial charge in [0, 0.05) is 11.1 Å². The second-order valence-electron chi connectivity index (χ2n) is 4.97. The lowest BCUT2D eigenvalue weighted by Crippen LogP contribution is -2.30. The van der Waals surface area contributed by atoms with Crippen molar-refractivity contribution in [1.29, 1.82) is 0 Å². The van der Waals surface area contributed by atoms with Gasteiger partial charge < -0.3 is 15.2 Å². The molecule has 0 aliphatic carbocycles. The number of rotatable bonds is 5. The van der Waals surface area contributed by atoms with E-state index in [9.17, 15) is 24.8 Å². The topological polar surface area (TPSA) is 119 Å². The number of para-hydroxylation sites is 2. The van der Waals surface area contributed by atoms with E-state index in [-0.39, 0.29) is 27.7 Å². The van der Waals surface area contributed by atoms with Gasteiger partial charge in [0.15, 0.2) is 6.10 Å². The maximum atomic E-state index is 12.1. The van der Waals surface area contributed by atoms with Crippen LogP contribution in [0.3, 0.4) is 0 Å². The SMILES string of the molecule is CC(OC(=O)c1cc(Cl)ccc1O)C(=O)Nc1ccccc1[N+](=O)[O-]. The predicted molar refractivity (Wildman–Crippen MR) is 89.7 cm³/mol. The summed E-state index contributed by atoms with van der Waals surface area (Å²) in [5.41, 5.74) is -0.509. The Morgan fingerprint density at radius 2 is 1.96 bits per heavy atom. The van der Waals surface area contributed by atoms with E-state index in [2.05, 4.69) is 5.32 Å². The van der Waals surface area contributed by atoms with Crippen LogP contribution < -0.4 is 5.32 Å². The summed E-state index contributed by atoms with van der Waals surface area (Å²) >= 11 is 5.75. The highest BCUT2D eigenvalue weighted by atomic mass is 35.5. The fourth-order valence-corrected chi connectivity index (χ4v) is 2.09. The van der Waals surface area contributed by atoms with Crippen molar-refractivity contribution in [2.24, 2.45) is 0 Å². The van der Waals surface area contributed by atoms with Gasteiger partial charge in [-0.15, -0.1) is 0 Å². The van der Waals surface area contributed by atoms with Crippen molar-refractivity contribution in [3.05, 3.63) is 63.2 Å². The van der Waals surface area contributed by atoms with Crippen LogP contribution in [0.15, 0.2) is 42.5 Å². The average molecular weight is 365 g/mol. The molecule has 2 aromatic rings. The van der Waals surface area contributed by atoms with Crippen LogP contribution in [0.5, 0.6) is 5.75 Å². The Labute approximate surface area is 147 Å². The van der Waals surface area contributed by atoms with E-state index in [1.165, 1.54) is 49.4 Å². The molecule has 0 saturated carbocycles. The molecule has 1 amide bonds. The van der Waals surface area contributed by atoms with Crippen molar-refractivity contribution in [3.8, 4) is 5.75 Å². The van der Waals surface area contributed by atoms with Crippen LogP contribution in [0, 0.1) is 10.1 Å². The average Bonchev–Trinajstić information content (AvgIpc) is 2.57. The standard InChI is InChI=1S/C16H13ClN2O6/c1-9(25-16(22)11-8-10(17)6-7-14(11)20)15(21)18-12-4-2-3-5-13(12)19(23)24/h2-9,20H,1H3,(H,18,21). The fraction of sp³-hybridized carbons (Fsp3) is 0.125. The zero-order chi connectivity index (χ0) is 18.6. The zero-order valence-electron chi connectivity index (χ0n) is 12.9. The number of hydrogen-bond donors (Lipinski definition) is 2. The molecule has 8 nitrogen and oxygen atoms in total. The lowest BCUT2D eigenvalue weighted by atomic mass is 10.2. The minimum atomic E-state index is -1.26. The van der Waals surface area contributed by atoms with Crippen LogP contribution in [0.25, 0.3) is 0 Å². The Hall–Kier alpha value is -3.13. The number of benzene rings is 2. The highest BCUT2D eigenvalue weighted by Crippen LogP contribution is 2.25. The van der Waals surface area contributed by atoms with Crippen LogP contribution in [-0.4, -0.2) is 28.0 Å². The van der Waals surface area contributed by atoms with Gasteiger partial charge in [0.05, 0.1) is 4.92 Å². The van der Waals surface area contributed by atoms with E-state index in [0.717, 1.165) is 0 Å². The summed E-state index contributed by atoms with van der Waals surface area (Å²) < 4.78 is 4.97. The van der Waals surface area contributed by atoms with Crippen LogP contribution in [0.4, 0.5) is 11.4 Å². The molecule has 0 bridgehead atoms. The number of phenolic OH excluding ortho intramolecular Hbond substituents is 1. The van der Waals surface area contributed by atoms with Gasteiger partial charge in [-0.1, -0.05) is 23.7 Å². The molecule has 0 aromatic heterocycles. The van der Waals surface area contributed by atoms with E-state index in [0.29, 0.717) is 0 Å². The van der Waals surface area contributed by atoms with Crippen molar-refractivity contribution in [3.63, 3.8) is 0 Å². The first-order chi connectivity index (χ1) is 11.8. The van der Waals surface area contributed by atoms with E-state index in [1.807, 2.05) is 0 Å². The number of nitro benzene ring substituents is 1. The van der Waals surface area contributed by atoms with E-state index in [1.54, 1.807) is 0 Å². The molecule has 0 aliphatic heterocycles. The van der Waals surface area contributed by atoms with Crippen LogP contribution in [-0.2, 0) is 9.53 Å². The number of aromatic hydroxyl groups is 1. The third-order valence-electron chi connectivity index (χ3n) is 3.19. The highest BCUT2D eigenvalue weighted by molar-refractivity contribution is 6.31. The lowest BCUT2D eigenvalue weighted by molar-refractivity contribution is -0.383. The maximum absolute atomic E-state index is 12.1. The zero-order valence-corrected chi connectivity index (χ0v) is 13.7. The summed E-state index contributed by atoms with van der Waals surface area (Å²) in [5, 5.41) is 23.1. The molecule has 130 valence electrons. The molecule has 0 fully saturated rings. The van der Waals surface area contributed by atoms with E-state index >= 15 is 0 Å². The number of nitrogens with zero attached hydrogens (tertiary/aromatic N) is 1. The third kappa shape index (κ3) is 4.45. The van der Waals surface area contributed by atoms with Gasteiger partial charge in [-0.25, -0.2) is 4.79 Å². The van der Waals surface area contributed by atoms with Crippen LogP contribution in [0.1, 0.15) is 17.3 Å². The van der Waals surface area contributed by atoms with Gasteiger partial charge in [0.25, 0.3) is 11.6 Å². The number of nitrogens with one attached hydrogen (secondary N) is 1. The Balaban J connectivity index is 2.09. The molecule has 2 rings (SSSR count). The Morgan fingerprint density at radius 1 is 1.28 bits per heavy atom. The molecule has 1 unspecified atom stereocenters. The molecule has 0 spiro atoms. The largest absolute Gasteiger partial charge is 0.507 e. The fourth-order valence-electron chi connectivity index (χ4n) is 1.92. The quantitative estimate of drug-likeness (QED) is 0.478. The molecule has 1 atom stereocenters. The number of halogens is 1. The molecule has 2 aromatic carbocycles. The number of esters is 1. The number of hydrogen-bond acceptors (Lipinski definition) is 6. The first kappa shape index (κ1) is 18.2. The van der Waals surface area contributed by atoms with Gasteiger partial charge in [0.1, 0.15) is 17.0 Å². The summed E-state index contributed by atoms with van der Waals surface area (Å²) in [6, 6.07) is 9.37. The molecule has 2 N–H and O–H groups in total. The van der Waals surface area contributed by atoms with Crippen LogP contribution in [0.2, 0.25) is 5.02 Å². The molecular formula is C16H13ClN2O6. The molecule has 9 heteroatoms. The molecule has 0 aliphatic rings. The number of carbonyl (C=O) groups excluding carboxylic acids is 2. The second kappa shape index (κ2) is 7.63. The molecular weight excluding hydrogens is 352 g/mol. The summed E-state index contributed by atoms with van der Waals surface area (Å²) in [4.78, 5) is 34.4. The number of carbonyl (C=O) groups is 2. The molecule has 0 saturated heterocycles. The monoisotopic (exact) mass is 364 g/mol. The molecule has 0 heterocycles. The third-order valence-corrected chi connectivity index (χ3v) is 3.43. The lowest BCUT2D eigenvalue weighted by Gasteiger charge is -2.14. The van der Waals surface area contributed by atoms with Crippen LogP contribution >= 0.6 is 11.6 Å². The second-order valence-corrected chi connectivity index (χ2v) is 5.41.